The van der Waals surface area contributed by atoms with E-state index in [1.54, 1.807) is 24.4 Å². The Bertz CT molecular complexity index is 448. The van der Waals surface area contributed by atoms with Gasteiger partial charge < -0.3 is 0 Å². The summed E-state index contributed by atoms with van der Waals surface area (Å²) < 4.78 is 1.53. The maximum atomic E-state index is 11.2. The van der Waals surface area contributed by atoms with Crippen LogP contribution in [-0.2, 0) is 0 Å². The summed E-state index contributed by atoms with van der Waals surface area (Å²) in [5, 5.41) is 4.01. The van der Waals surface area contributed by atoms with E-state index in [1.807, 2.05) is 6.07 Å². The lowest BCUT2D eigenvalue weighted by molar-refractivity contribution is 0.0946. The minimum absolute atomic E-state index is 0.348. The third-order valence-corrected chi connectivity index (χ3v) is 1.78. The number of carbonyl (C=O) groups excluding carboxylic acids is 1. The van der Waals surface area contributed by atoms with Gasteiger partial charge in [0.15, 0.2) is 0 Å². The summed E-state index contributed by atoms with van der Waals surface area (Å²) in [5.41, 5.74) is 3.35. The van der Waals surface area contributed by atoms with Gasteiger partial charge in [-0.05, 0) is 24.3 Å². The van der Waals surface area contributed by atoms with Crippen molar-refractivity contribution in [3.8, 4) is 0 Å². The highest BCUT2D eigenvalue weighted by molar-refractivity contribution is 5.93. The van der Waals surface area contributed by atoms with Crippen LogP contribution in [0.3, 0.4) is 0 Å². The number of rotatable bonds is 1. The van der Waals surface area contributed by atoms with Crippen LogP contribution in [0.2, 0.25) is 0 Å². The maximum absolute atomic E-state index is 11.2. The summed E-state index contributed by atoms with van der Waals surface area (Å²) >= 11 is 0. The topological polar surface area (TPSA) is 72.4 Å². The highest BCUT2D eigenvalue weighted by Gasteiger charge is 2.08. The highest BCUT2D eigenvalue weighted by Crippen LogP contribution is 2.06. The molecule has 5 nitrogen and oxygen atoms in total. The Hall–Kier alpha value is -1.88. The number of nitrogen functional groups attached to an aromatic ring is 1. The molecule has 5 heteroatoms. The van der Waals surface area contributed by atoms with E-state index in [9.17, 15) is 4.79 Å². The third-order valence-electron chi connectivity index (χ3n) is 1.78. The molecule has 0 aromatic carbocycles. The van der Waals surface area contributed by atoms with Crippen molar-refractivity contribution < 1.29 is 4.79 Å². The Kier molecular flexibility index (Phi) is 1.71. The first-order valence-electron chi connectivity index (χ1n) is 3.76. The Morgan fingerprint density at radius 2 is 2.31 bits per heavy atom. The molecule has 0 saturated carbocycles. The van der Waals surface area contributed by atoms with Crippen molar-refractivity contribution in [1.29, 1.82) is 0 Å². The fourth-order valence-corrected chi connectivity index (χ4v) is 1.19. The molecule has 0 spiro atoms. The molecule has 3 N–H and O–H groups in total. The zero-order valence-corrected chi connectivity index (χ0v) is 6.77. The van der Waals surface area contributed by atoms with Gasteiger partial charge in [0.1, 0.15) is 5.69 Å². The Morgan fingerprint density at radius 3 is 3.08 bits per heavy atom. The molecular weight excluding hydrogens is 168 g/mol. The van der Waals surface area contributed by atoms with Gasteiger partial charge in [0, 0.05) is 6.20 Å². The Balaban J connectivity index is 2.64. The van der Waals surface area contributed by atoms with Crippen LogP contribution in [0.25, 0.3) is 5.52 Å². The maximum Gasteiger partial charge on any atom is 0.283 e. The first kappa shape index (κ1) is 7.75. The van der Waals surface area contributed by atoms with E-state index in [1.165, 1.54) is 4.52 Å². The second-order valence-electron chi connectivity index (χ2n) is 2.55. The van der Waals surface area contributed by atoms with Crippen LogP contribution < -0.4 is 11.3 Å². The summed E-state index contributed by atoms with van der Waals surface area (Å²) in [6.45, 7) is 0. The van der Waals surface area contributed by atoms with Crippen LogP contribution in [0, 0.1) is 0 Å². The van der Waals surface area contributed by atoms with Crippen LogP contribution in [0.4, 0.5) is 0 Å². The van der Waals surface area contributed by atoms with E-state index in [0.29, 0.717) is 5.69 Å². The quantitative estimate of drug-likeness (QED) is 0.363. The molecule has 1 amide bonds. The molecule has 0 fully saturated rings. The van der Waals surface area contributed by atoms with Crippen molar-refractivity contribution in [1.82, 2.24) is 15.0 Å². The molecule has 2 aromatic rings. The molecule has 0 saturated heterocycles. The van der Waals surface area contributed by atoms with Crippen molar-refractivity contribution >= 4 is 11.4 Å². The third kappa shape index (κ3) is 1.15. The van der Waals surface area contributed by atoms with Gasteiger partial charge in [-0.25, -0.2) is 10.4 Å². The molecule has 0 atom stereocenters. The van der Waals surface area contributed by atoms with Crippen LogP contribution in [0.5, 0.6) is 0 Å². The van der Waals surface area contributed by atoms with E-state index in [4.69, 9.17) is 5.84 Å². The number of hydrazine groups is 1. The number of nitrogens with one attached hydrogen (secondary N) is 1. The number of hydrogen-bond acceptors (Lipinski definition) is 3. The summed E-state index contributed by atoms with van der Waals surface area (Å²) in [6.07, 6.45) is 1.61. The van der Waals surface area contributed by atoms with E-state index < -0.39 is 0 Å². The van der Waals surface area contributed by atoms with Crippen molar-refractivity contribution in [2.75, 3.05) is 0 Å². The smallest absolute Gasteiger partial charge is 0.283 e. The lowest BCUT2D eigenvalue weighted by atomic mass is 10.4. The number of nitrogens with two attached hydrogens (primary N) is 1. The number of amides is 1. The second-order valence-corrected chi connectivity index (χ2v) is 2.55. The molecule has 0 aliphatic heterocycles. The monoisotopic (exact) mass is 176 g/mol. The molecule has 0 bridgehead atoms. The van der Waals surface area contributed by atoms with Gasteiger partial charge in [0.2, 0.25) is 0 Å². The molecule has 2 rings (SSSR count). The van der Waals surface area contributed by atoms with Gasteiger partial charge in [0.05, 0.1) is 5.52 Å². The molecule has 66 valence electrons. The normalized spacial score (nSPS) is 10.2. The van der Waals surface area contributed by atoms with Crippen LogP contribution in [-0.4, -0.2) is 15.5 Å². The molecule has 2 aromatic heterocycles. The highest BCUT2D eigenvalue weighted by atomic mass is 16.2. The number of fused-ring (bicyclic) bond motifs is 1. The molecule has 13 heavy (non-hydrogen) atoms. The fourth-order valence-electron chi connectivity index (χ4n) is 1.19. The molecule has 0 aliphatic rings. The molecule has 0 aliphatic carbocycles. The molecular formula is C8H8N4O. The summed E-state index contributed by atoms with van der Waals surface area (Å²) in [4.78, 5) is 11.2. The van der Waals surface area contributed by atoms with E-state index >= 15 is 0 Å². The zero-order valence-electron chi connectivity index (χ0n) is 6.77. The van der Waals surface area contributed by atoms with Gasteiger partial charge in [0.25, 0.3) is 5.91 Å². The molecule has 0 radical (unpaired) electrons. The SMILES string of the molecule is NNC(=O)c1ccc2cccnn12. The summed E-state index contributed by atoms with van der Waals surface area (Å²) in [5.74, 6) is 4.67. The van der Waals surface area contributed by atoms with Crippen LogP contribution in [0.15, 0.2) is 30.5 Å². The van der Waals surface area contributed by atoms with Crippen LogP contribution >= 0.6 is 0 Å². The first-order valence-corrected chi connectivity index (χ1v) is 3.76. The van der Waals surface area contributed by atoms with Crippen molar-refractivity contribution in [3.63, 3.8) is 0 Å². The van der Waals surface area contributed by atoms with E-state index in [2.05, 4.69) is 10.5 Å². The Labute approximate surface area is 74.1 Å². The largest absolute Gasteiger partial charge is 0.289 e. The number of aromatic nitrogens is 2. The van der Waals surface area contributed by atoms with Gasteiger partial charge >= 0.3 is 0 Å². The lowest BCUT2D eigenvalue weighted by Crippen LogP contribution is -2.31. The predicted molar refractivity (Wildman–Crippen MR) is 46.8 cm³/mol. The van der Waals surface area contributed by atoms with E-state index in [0.717, 1.165) is 5.52 Å². The molecule has 2 heterocycles. The number of hydrogen-bond donors (Lipinski definition) is 2. The van der Waals surface area contributed by atoms with Gasteiger partial charge in [-0.1, -0.05) is 0 Å². The fraction of sp³-hybridized carbons (Fsp3) is 0. The zero-order chi connectivity index (χ0) is 9.26. The molecule has 0 unspecified atom stereocenters. The Morgan fingerprint density at radius 1 is 1.46 bits per heavy atom. The standard InChI is InChI=1S/C8H8N4O/c9-11-8(13)7-4-3-6-2-1-5-10-12(6)7/h1-5H,9H2,(H,11,13). The minimum atomic E-state index is -0.348. The van der Waals surface area contributed by atoms with E-state index in [-0.39, 0.29) is 5.91 Å². The van der Waals surface area contributed by atoms with Gasteiger partial charge in [-0.15, -0.1) is 0 Å². The average molecular weight is 176 g/mol. The average Bonchev–Trinajstić information content (AvgIpc) is 2.60. The van der Waals surface area contributed by atoms with Gasteiger partial charge in [-0.2, -0.15) is 5.10 Å². The summed E-state index contributed by atoms with van der Waals surface area (Å²) in [6, 6.07) is 7.14. The predicted octanol–water partition coefficient (Wildman–Crippen LogP) is -0.0622. The van der Waals surface area contributed by atoms with Crippen molar-refractivity contribution in [3.05, 3.63) is 36.2 Å². The second kappa shape index (κ2) is 2.87. The number of carbonyl (C=O) groups is 1. The number of nitrogens with zero attached hydrogens (tertiary/aromatic N) is 2. The first-order chi connectivity index (χ1) is 6.33. The summed E-state index contributed by atoms with van der Waals surface area (Å²) in [7, 11) is 0. The lowest BCUT2D eigenvalue weighted by Gasteiger charge is -1.98. The van der Waals surface area contributed by atoms with Crippen LogP contribution in [0.1, 0.15) is 10.5 Å². The minimum Gasteiger partial charge on any atom is -0.289 e. The van der Waals surface area contributed by atoms with Gasteiger partial charge in [-0.3, -0.25) is 10.2 Å². The van der Waals surface area contributed by atoms with Crippen molar-refractivity contribution in [2.24, 2.45) is 5.84 Å². The van der Waals surface area contributed by atoms with Crippen molar-refractivity contribution in [2.45, 2.75) is 0 Å².